The Labute approximate surface area is 203 Å². The molecule has 0 heterocycles. The molecule has 0 saturated heterocycles. The Balaban J connectivity index is 1.65. The summed E-state index contributed by atoms with van der Waals surface area (Å²) in [7, 11) is 3.42. The van der Waals surface area contributed by atoms with Crippen molar-refractivity contribution in [3.05, 3.63) is 58.7 Å². The Hall–Kier alpha value is -2.24. The SMILES string of the molecule is COCCOCCCc1cc(C)c2ccc3c(CCCOCCOC)cc(C)c4ccc1c2c43. The molecule has 4 nitrogen and oxygen atoms in total. The van der Waals surface area contributed by atoms with Crippen LogP contribution in [0.3, 0.4) is 0 Å². The van der Waals surface area contributed by atoms with E-state index in [1.54, 1.807) is 14.2 Å². The highest BCUT2D eigenvalue weighted by Crippen LogP contribution is 2.40. The third-order valence-electron chi connectivity index (χ3n) is 6.82. The first kappa shape index (κ1) is 24.9. The lowest BCUT2D eigenvalue weighted by molar-refractivity contribution is 0.0696. The Kier molecular flexibility index (Phi) is 8.74. The number of benzene rings is 4. The molecule has 34 heavy (non-hydrogen) atoms. The lowest BCUT2D eigenvalue weighted by Gasteiger charge is -2.19. The van der Waals surface area contributed by atoms with Crippen LogP contribution in [0.25, 0.3) is 32.3 Å². The molecule has 0 bridgehead atoms. The predicted molar refractivity (Wildman–Crippen MR) is 142 cm³/mol. The van der Waals surface area contributed by atoms with Gasteiger partial charge in [-0.25, -0.2) is 0 Å². The lowest BCUT2D eigenvalue weighted by atomic mass is 9.85. The molecule has 4 heteroatoms. The summed E-state index contributed by atoms with van der Waals surface area (Å²) >= 11 is 0. The molecule has 0 radical (unpaired) electrons. The summed E-state index contributed by atoms with van der Waals surface area (Å²) in [5.74, 6) is 0. The molecule has 0 aliphatic carbocycles. The Bertz CT molecular complexity index is 1120. The van der Waals surface area contributed by atoms with E-state index in [4.69, 9.17) is 18.9 Å². The van der Waals surface area contributed by atoms with Crippen LogP contribution in [-0.4, -0.2) is 53.9 Å². The lowest BCUT2D eigenvalue weighted by Crippen LogP contribution is -2.04. The summed E-state index contributed by atoms with van der Waals surface area (Å²) in [6.45, 7) is 8.64. The Morgan fingerprint density at radius 2 is 0.941 bits per heavy atom. The van der Waals surface area contributed by atoms with Crippen LogP contribution in [0.2, 0.25) is 0 Å². The standard InChI is InChI=1S/C30H38O4/c1-21-19-23(7-5-13-33-17-15-31-3)27-12-10-26-22(2)20-24(8-6-14-34-18-16-32-4)28-11-9-25(21)29(27)30(26)28/h9-12,19-20H,5-8,13-18H2,1-4H3. The van der Waals surface area contributed by atoms with Gasteiger partial charge in [0.2, 0.25) is 0 Å². The zero-order valence-corrected chi connectivity index (χ0v) is 21.2. The van der Waals surface area contributed by atoms with Gasteiger partial charge in [0.25, 0.3) is 0 Å². The molecule has 0 aliphatic heterocycles. The van der Waals surface area contributed by atoms with Crippen molar-refractivity contribution in [1.82, 2.24) is 0 Å². The number of hydrogen-bond acceptors (Lipinski definition) is 4. The molecule has 4 rings (SSSR count). The summed E-state index contributed by atoms with van der Waals surface area (Å²) in [5, 5.41) is 8.35. The van der Waals surface area contributed by atoms with Gasteiger partial charge >= 0.3 is 0 Å². The van der Waals surface area contributed by atoms with Gasteiger partial charge < -0.3 is 18.9 Å². The van der Waals surface area contributed by atoms with E-state index in [0.717, 1.165) is 38.9 Å². The van der Waals surface area contributed by atoms with E-state index < -0.39 is 0 Å². The van der Waals surface area contributed by atoms with Crippen molar-refractivity contribution in [3.63, 3.8) is 0 Å². The first-order valence-corrected chi connectivity index (χ1v) is 12.5. The van der Waals surface area contributed by atoms with Gasteiger partial charge in [-0.15, -0.1) is 0 Å². The van der Waals surface area contributed by atoms with E-state index in [9.17, 15) is 0 Å². The van der Waals surface area contributed by atoms with Gasteiger partial charge in [0.15, 0.2) is 0 Å². The van der Waals surface area contributed by atoms with Crippen LogP contribution in [-0.2, 0) is 31.8 Å². The van der Waals surface area contributed by atoms with E-state index in [1.165, 1.54) is 54.6 Å². The monoisotopic (exact) mass is 462 g/mol. The van der Waals surface area contributed by atoms with Crippen LogP contribution in [0.5, 0.6) is 0 Å². The van der Waals surface area contributed by atoms with Crippen molar-refractivity contribution in [3.8, 4) is 0 Å². The van der Waals surface area contributed by atoms with Crippen LogP contribution in [0.15, 0.2) is 36.4 Å². The molecule has 0 amide bonds. The van der Waals surface area contributed by atoms with Gasteiger partial charge in [-0.3, -0.25) is 0 Å². The van der Waals surface area contributed by atoms with Gasteiger partial charge in [0, 0.05) is 27.4 Å². The number of methoxy groups -OCH3 is 2. The third-order valence-corrected chi connectivity index (χ3v) is 6.82. The first-order valence-electron chi connectivity index (χ1n) is 12.5. The van der Waals surface area contributed by atoms with Crippen LogP contribution in [0.1, 0.15) is 35.1 Å². The summed E-state index contributed by atoms with van der Waals surface area (Å²) in [6.07, 6.45) is 4.07. The predicted octanol–water partition coefficient (Wildman–Crippen LogP) is 6.39. The largest absolute Gasteiger partial charge is 0.382 e. The molecule has 4 aromatic carbocycles. The van der Waals surface area contributed by atoms with Crippen molar-refractivity contribution in [1.29, 1.82) is 0 Å². The fourth-order valence-electron chi connectivity index (χ4n) is 5.15. The van der Waals surface area contributed by atoms with Crippen LogP contribution < -0.4 is 0 Å². The molecule has 182 valence electrons. The molecule has 0 spiro atoms. The molecule has 0 aliphatic rings. The molecule has 4 aromatic rings. The second-order valence-corrected chi connectivity index (χ2v) is 9.19. The van der Waals surface area contributed by atoms with Gasteiger partial charge in [-0.1, -0.05) is 36.4 Å². The van der Waals surface area contributed by atoms with Gasteiger partial charge in [-0.05, 0) is 94.1 Å². The molecule has 0 N–H and O–H groups in total. The summed E-state index contributed by atoms with van der Waals surface area (Å²) < 4.78 is 21.6. The summed E-state index contributed by atoms with van der Waals surface area (Å²) in [5.41, 5.74) is 5.55. The third kappa shape index (κ3) is 5.36. The smallest absolute Gasteiger partial charge is 0.0700 e. The average molecular weight is 463 g/mol. The minimum atomic E-state index is 0.652. The van der Waals surface area contributed by atoms with E-state index in [0.29, 0.717) is 26.4 Å². The van der Waals surface area contributed by atoms with E-state index in [-0.39, 0.29) is 0 Å². The zero-order valence-electron chi connectivity index (χ0n) is 21.2. The molecular formula is C30H38O4. The molecular weight excluding hydrogens is 424 g/mol. The minimum Gasteiger partial charge on any atom is -0.382 e. The topological polar surface area (TPSA) is 36.9 Å². The Morgan fingerprint density at radius 3 is 1.35 bits per heavy atom. The van der Waals surface area contributed by atoms with Crippen molar-refractivity contribution in [2.24, 2.45) is 0 Å². The fraction of sp³-hybridized carbons (Fsp3) is 0.467. The highest BCUT2D eigenvalue weighted by molar-refractivity contribution is 6.25. The average Bonchev–Trinajstić information content (AvgIpc) is 2.84. The minimum absolute atomic E-state index is 0.652. The number of aryl methyl sites for hydroxylation is 4. The maximum atomic E-state index is 5.71. The maximum Gasteiger partial charge on any atom is 0.0700 e. The quantitative estimate of drug-likeness (QED) is 0.161. The van der Waals surface area contributed by atoms with Gasteiger partial charge in [-0.2, -0.15) is 0 Å². The number of hydrogen-bond donors (Lipinski definition) is 0. The van der Waals surface area contributed by atoms with Gasteiger partial charge in [0.1, 0.15) is 0 Å². The highest BCUT2D eigenvalue weighted by Gasteiger charge is 2.16. The van der Waals surface area contributed by atoms with E-state index >= 15 is 0 Å². The second-order valence-electron chi connectivity index (χ2n) is 9.19. The van der Waals surface area contributed by atoms with Crippen molar-refractivity contribution in [2.45, 2.75) is 39.5 Å². The second kappa shape index (κ2) is 11.9. The molecule has 0 saturated carbocycles. The van der Waals surface area contributed by atoms with E-state index in [2.05, 4.69) is 50.2 Å². The van der Waals surface area contributed by atoms with Crippen molar-refractivity contribution < 1.29 is 18.9 Å². The first-order chi connectivity index (χ1) is 16.7. The normalized spacial score (nSPS) is 12.0. The molecule has 0 fully saturated rings. The van der Waals surface area contributed by atoms with Crippen LogP contribution in [0, 0.1) is 13.8 Å². The fourth-order valence-corrected chi connectivity index (χ4v) is 5.15. The van der Waals surface area contributed by atoms with Crippen molar-refractivity contribution >= 4 is 32.3 Å². The number of rotatable bonds is 14. The molecule has 0 unspecified atom stereocenters. The molecule has 0 atom stereocenters. The Morgan fingerprint density at radius 1 is 0.529 bits per heavy atom. The van der Waals surface area contributed by atoms with Gasteiger partial charge in [0.05, 0.1) is 26.4 Å². The van der Waals surface area contributed by atoms with Crippen LogP contribution in [0.4, 0.5) is 0 Å². The number of ether oxygens (including phenoxy) is 4. The van der Waals surface area contributed by atoms with E-state index in [1.807, 2.05) is 0 Å². The molecule has 0 aromatic heterocycles. The zero-order chi connectivity index (χ0) is 23.9. The summed E-state index contributed by atoms with van der Waals surface area (Å²) in [4.78, 5) is 0. The van der Waals surface area contributed by atoms with Crippen LogP contribution >= 0.6 is 0 Å². The highest BCUT2D eigenvalue weighted by atomic mass is 16.5. The maximum absolute atomic E-state index is 5.71. The summed E-state index contributed by atoms with van der Waals surface area (Å²) in [6, 6.07) is 14.1. The van der Waals surface area contributed by atoms with Crippen molar-refractivity contribution in [2.75, 3.05) is 53.9 Å².